The number of hydrogen-bond acceptors (Lipinski definition) is 3. The predicted octanol–water partition coefficient (Wildman–Crippen LogP) is 1.01. The number of rotatable bonds is 5. The highest BCUT2D eigenvalue weighted by molar-refractivity contribution is 5.85. The molecule has 0 aliphatic rings. The Labute approximate surface area is 84.9 Å². The molecule has 0 radical (unpaired) electrons. The summed E-state index contributed by atoms with van der Waals surface area (Å²) >= 11 is 0. The van der Waals surface area contributed by atoms with Gasteiger partial charge in [-0.15, -0.1) is 0 Å². The molecule has 0 aromatic carbocycles. The van der Waals surface area contributed by atoms with E-state index in [1.54, 1.807) is 4.90 Å². The summed E-state index contributed by atoms with van der Waals surface area (Å²) in [6, 6.07) is 0. The van der Waals surface area contributed by atoms with E-state index in [1.165, 1.54) is 0 Å². The van der Waals surface area contributed by atoms with Crippen LogP contribution in [0.15, 0.2) is 0 Å². The van der Waals surface area contributed by atoms with Gasteiger partial charge in [0, 0.05) is 5.41 Å². The zero-order valence-corrected chi connectivity index (χ0v) is 9.33. The minimum absolute atomic E-state index is 0.0700. The van der Waals surface area contributed by atoms with E-state index in [-0.39, 0.29) is 18.9 Å². The molecule has 0 aliphatic carbocycles. The molecule has 0 rings (SSSR count). The number of carboxylic acids is 1. The maximum atomic E-state index is 11.6. The molecule has 0 bridgehead atoms. The molecule has 0 unspecified atom stereocenters. The maximum absolute atomic E-state index is 11.6. The van der Waals surface area contributed by atoms with Crippen molar-refractivity contribution < 1.29 is 14.7 Å². The summed E-state index contributed by atoms with van der Waals surface area (Å²) in [7, 11) is 0. The van der Waals surface area contributed by atoms with Crippen LogP contribution in [0.25, 0.3) is 0 Å². The minimum atomic E-state index is -0.895. The minimum Gasteiger partial charge on any atom is -0.480 e. The van der Waals surface area contributed by atoms with Gasteiger partial charge in [0.1, 0.15) is 0 Å². The van der Waals surface area contributed by atoms with E-state index < -0.39 is 11.4 Å². The van der Waals surface area contributed by atoms with E-state index in [0.29, 0.717) is 6.54 Å². The Balaban J connectivity index is 4.19. The molecule has 14 heavy (non-hydrogen) atoms. The molecule has 0 amide bonds. The zero-order chi connectivity index (χ0) is 11.4. The van der Waals surface area contributed by atoms with Gasteiger partial charge in [-0.2, -0.15) is 0 Å². The van der Waals surface area contributed by atoms with E-state index in [1.807, 2.05) is 27.7 Å². The van der Waals surface area contributed by atoms with Crippen LogP contribution >= 0.6 is 0 Å². The highest BCUT2D eigenvalue weighted by atomic mass is 16.4. The van der Waals surface area contributed by atoms with E-state index in [2.05, 4.69) is 0 Å². The number of nitrogens with zero attached hydrogens (tertiary/aromatic N) is 1. The summed E-state index contributed by atoms with van der Waals surface area (Å²) in [6.45, 7) is 8.08. The number of carbonyl (C=O) groups is 2. The molecule has 0 saturated heterocycles. The highest BCUT2D eigenvalue weighted by Gasteiger charge is 2.23. The predicted molar refractivity (Wildman–Crippen MR) is 54.2 cm³/mol. The third-order valence-electron chi connectivity index (χ3n) is 2.01. The van der Waals surface area contributed by atoms with Gasteiger partial charge in [-0.3, -0.25) is 14.5 Å². The largest absolute Gasteiger partial charge is 0.480 e. The fourth-order valence-corrected chi connectivity index (χ4v) is 0.911. The molecule has 0 spiro atoms. The Hall–Kier alpha value is -0.900. The normalized spacial score (nSPS) is 11.8. The van der Waals surface area contributed by atoms with Crippen LogP contribution in [0.2, 0.25) is 0 Å². The van der Waals surface area contributed by atoms with Gasteiger partial charge < -0.3 is 5.11 Å². The lowest BCUT2D eigenvalue weighted by Gasteiger charge is -2.23. The number of aliphatic carboxylic acids is 1. The summed E-state index contributed by atoms with van der Waals surface area (Å²) in [6.07, 6.45) is 0. The van der Waals surface area contributed by atoms with E-state index in [0.717, 1.165) is 0 Å². The van der Waals surface area contributed by atoms with E-state index in [4.69, 9.17) is 5.11 Å². The Morgan fingerprint density at radius 3 is 2.00 bits per heavy atom. The fraction of sp³-hybridized carbons (Fsp3) is 0.800. The third-order valence-corrected chi connectivity index (χ3v) is 2.01. The van der Waals surface area contributed by atoms with Gasteiger partial charge >= 0.3 is 5.97 Å². The van der Waals surface area contributed by atoms with Crippen LogP contribution in [0, 0.1) is 5.41 Å². The van der Waals surface area contributed by atoms with Gasteiger partial charge in [0.15, 0.2) is 5.78 Å². The van der Waals surface area contributed by atoms with Crippen molar-refractivity contribution in [3.05, 3.63) is 0 Å². The summed E-state index contributed by atoms with van der Waals surface area (Å²) in [4.78, 5) is 23.6. The molecule has 0 saturated carbocycles. The van der Waals surface area contributed by atoms with Crippen LogP contribution in [0.3, 0.4) is 0 Å². The van der Waals surface area contributed by atoms with Crippen LogP contribution in [0.5, 0.6) is 0 Å². The maximum Gasteiger partial charge on any atom is 0.317 e. The first-order valence-electron chi connectivity index (χ1n) is 4.74. The SMILES string of the molecule is CCN(CC(=O)O)CC(=O)C(C)(C)C. The second kappa shape index (κ2) is 5.10. The average molecular weight is 201 g/mol. The first-order valence-corrected chi connectivity index (χ1v) is 4.74. The van der Waals surface area contributed by atoms with E-state index in [9.17, 15) is 9.59 Å². The second-order valence-corrected chi connectivity index (χ2v) is 4.37. The number of ketones is 1. The molecule has 1 N–H and O–H groups in total. The van der Waals surface area contributed by atoms with Crippen molar-refractivity contribution in [3.8, 4) is 0 Å². The van der Waals surface area contributed by atoms with Crippen molar-refractivity contribution in [2.24, 2.45) is 5.41 Å². The van der Waals surface area contributed by atoms with Crippen molar-refractivity contribution in [2.45, 2.75) is 27.7 Å². The molecule has 0 aliphatic heterocycles. The van der Waals surface area contributed by atoms with Crippen LogP contribution in [0.4, 0.5) is 0 Å². The molecule has 0 aromatic heterocycles. The molecule has 4 heteroatoms. The Kier molecular flexibility index (Phi) is 4.77. The monoisotopic (exact) mass is 201 g/mol. The van der Waals surface area contributed by atoms with Gasteiger partial charge in [0.05, 0.1) is 13.1 Å². The third kappa shape index (κ3) is 4.97. The van der Waals surface area contributed by atoms with Crippen molar-refractivity contribution in [1.29, 1.82) is 0 Å². The Bertz CT molecular complexity index is 218. The molecule has 0 heterocycles. The van der Waals surface area contributed by atoms with Crippen LogP contribution in [-0.4, -0.2) is 41.4 Å². The standard InChI is InChI=1S/C10H19NO3/c1-5-11(7-9(13)14)6-8(12)10(2,3)4/h5-7H2,1-4H3,(H,13,14). The Morgan fingerprint density at radius 1 is 1.21 bits per heavy atom. The second-order valence-electron chi connectivity index (χ2n) is 4.37. The van der Waals surface area contributed by atoms with Crippen molar-refractivity contribution in [1.82, 2.24) is 4.90 Å². The molecule has 0 atom stereocenters. The van der Waals surface area contributed by atoms with Crippen molar-refractivity contribution in [2.75, 3.05) is 19.6 Å². The lowest BCUT2D eigenvalue weighted by atomic mass is 9.90. The lowest BCUT2D eigenvalue weighted by Crippen LogP contribution is -2.38. The quantitative estimate of drug-likeness (QED) is 0.721. The number of carboxylic acid groups (broad SMARTS) is 1. The van der Waals surface area contributed by atoms with Crippen LogP contribution in [-0.2, 0) is 9.59 Å². The van der Waals surface area contributed by atoms with Crippen LogP contribution in [0.1, 0.15) is 27.7 Å². The molecule has 4 nitrogen and oxygen atoms in total. The first-order chi connectivity index (χ1) is 6.27. The molecule has 0 aromatic rings. The summed E-state index contributed by atoms with van der Waals surface area (Å²) in [5.74, 6) is -0.825. The lowest BCUT2D eigenvalue weighted by molar-refractivity contribution is -0.139. The zero-order valence-electron chi connectivity index (χ0n) is 9.33. The molecular weight excluding hydrogens is 182 g/mol. The summed E-state index contributed by atoms with van der Waals surface area (Å²) in [5, 5.41) is 8.58. The van der Waals surface area contributed by atoms with Gasteiger partial charge in [-0.1, -0.05) is 27.7 Å². The van der Waals surface area contributed by atoms with Crippen molar-refractivity contribution in [3.63, 3.8) is 0 Å². The van der Waals surface area contributed by atoms with Crippen molar-refractivity contribution >= 4 is 11.8 Å². The molecular formula is C10H19NO3. The fourth-order valence-electron chi connectivity index (χ4n) is 0.911. The Morgan fingerprint density at radius 2 is 1.71 bits per heavy atom. The van der Waals surface area contributed by atoms with Gasteiger partial charge in [-0.25, -0.2) is 0 Å². The highest BCUT2D eigenvalue weighted by Crippen LogP contribution is 2.14. The molecule has 0 fully saturated rings. The number of likely N-dealkylation sites (N-methyl/N-ethyl adjacent to an activating group) is 1. The topological polar surface area (TPSA) is 57.6 Å². The number of carbonyl (C=O) groups excluding carboxylic acids is 1. The smallest absolute Gasteiger partial charge is 0.317 e. The van der Waals surface area contributed by atoms with Gasteiger partial charge in [0.2, 0.25) is 0 Å². The number of hydrogen-bond donors (Lipinski definition) is 1. The number of Topliss-reactive ketones (excluding diaryl/α,β-unsaturated/α-hetero) is 1. The van der Waals surface area contributed by atoms with Crippen LogP contribution < -0.4 is 0 Å². The summed E-state index contributed by atoms with van der Waals surface area (Å²) < 4.78 is 0. The van der Waals surface area contributed by atoms with Gasteiger partial charge in [-0.05, 0) is 6.54 Å². The summed E-state index contributed by atoms with van der Waals surface area (Å²) in [5.41, 5.74) is -0.397. The molecule has 82 valence electrons. The van der Waals surface area contributed by atoms with Gasteiger partial charge in [0.25, 0.3) is 0 Å². The average Bonchev–Trinajstić information content (AvgIpc) is 2.00. The first kappa shape index (κ1) is 13.1. The van der Waals surface area contributed by atoms with E-state index >= 15 is 0 Å².